The number of hydrogen-bond donors (Lipinski definition) is 1. The lowest BCUT2D eigenvalue weighted by molar-refractivity contribution is -0.384. The van der Waals surface area contributed by atoms with Crippen molar-refractivity contribution in [3.8, 4) is 11.5 Å². The van der Waals surface area contributed by atoms with Gasteiger partial charge in [0.25, 0.3) is 17.5 Å². The number of non-ortho nitro benzene ring substituents is 1. The molecule has 2 aliphatic heterocycles. The number of phenols is 1. The molecule has 4 aliphatic rings. The molecule has 18 heteroatoms. The summed E-state index contributed by atoms with van der Waals surface area (Å²) in [4.78, 5) is 62.0. The van der Waals surface area contributed by atoms with Crippen LogP contribution in [0.1, 0.15) is 24.3 Å². The molecule has 2 saturated heterocycles. The molecule has 4 amide bonds. The first-order chi connectivity index (χ1) is 24.0. The van der Waals surface area contributed by atoms with Gasteiger partial charge >= 0.3 is 0 Å². The summed E-state index contributed by atoms with van der Waals surface area (Å²) in [6.45, 7) is 0. The van der Waals surface area contributed by atoms with Crippen molar-refractivity contribution < 1.29 is 55.9 Å². The minimum Gasteiger partial charge on any atom is -0.504 e. The fraction of sp³-hybridized carbons (Fsp3) is 0.273. The Hall–Kier alpha value is -5.09. The number of ether oxygens (including phenoxy) is 1. The number of methoxy groups -OCH3 is 1. The van der Waals surface area contributed by atoms with Gasteiger partial charge in [0, 0.05) is 18.1 Å². The maximum absolute atomic E-state index is 15.2. The number of amides is 4. The van der Waals surface area contributed by atoms with Gasteiger partial charge in [-0.05, 0) is 48.6 Å². The fourth-order valence-corrected chi connectivity index (χ4v) is 8.73. The highest BCUT2D eigenvalue weighted by atomic mass is 35.5. The zero-order valence-electron chi connectivity index (χ0n) is 25.6. The van der Waals surface area contributed by atoms with Gasteiger partial charge in [0.15, 0.2) is 44.5 Å². The molecule has 0 aromatic heterocycles. The van der Waals surface area contributed by atoms with E-state index in [4.69, 9.17) is 27.9 Å². The summed E-state index contributed by atoms with van der Waals surface area (Å²) < 4.78 is 78.4. The number of rotatable bonds is 5. The van der Waals surface area contributed by atoms with Gasteiger partial charge in [-0.3, -0.25) is 34.2 Å². The average molecular weight is 752 g/mol. The number of alkyl halides is 2. The number of allylic oxidation sites excluding steroid dienone is 2. The van der Waals surface area contributed by atoms with Gasteiger partial charge in [-0.1, -0.05) is 17.7 Å². The monoisotopic (exact) mass is 751 g/mol. The summed E-state index contributed by atoms with van der Waals surface area (Å²) in [6, 6.07) is 8.19. The number of nitro benzene ring substituents is 1. The van der Waals surface area contributed by atoms with Crippen molar-refractivity contribution in [3.05, 3.63) is 98.9 Å². The Morgan fingerprint density at radius 1 is 0.863 bits per heavy atom. The van der Waals surface area contributed by atoms with E-state index >= 15 is 8.78 Å². The highest BCUT2D eigenvalue weighted by Gasteiger charge is 2.77. The number of halogens is 7. The predicted octanol–water partition coefficient (Wildman–Crippen LogP) is 5.77. The quantitative estimate of drug-likeness (QED) is 0.0505. The van der Waals surface area contributed by atoms with E-state index in [9.17, 15) is 47.6 Å². The van der Waals surface area contributed by atoms with Gasteiger partial charge in [-0.15, -0.1) is 23.2 Å². The lowest BCUT2D eigenvalue weighted by atomic mass is 9.56. The number of carbonyl (C=O) groups excluding carboxylic acids is 4. The molecular formula is C33H20Cl2F5N3O8. The molecule has 3 aromatic rings. The van der Waals surface area contributed by atoms with E-state index in [1.54, 1.807) is 0 Å². The Kier molecular flexibility index (Phi) is 7.72. The summed E-state index contributed by atoms with van der Waals surface area (Å²) in [6.07, 6.45) is 0.655. The summed E-state index contributed by atoms with van der Waals surface area (Å²) >= 11 is 14.2. The first kappa shape index (κ1) is 34.4. The molecule has 11 nitrogen and oxygen atoms in total. The number of nitrogens with zero attached hydrogens (tertiary/aromatic N) is 3. The van der Waals surface area contributed by atoms with Crippen LogP contribution in [0.5, 0.6) is 11.5 Å². The normalized spacial score (nSPS) is 28.4. The molecule has 3 aromatic carbocycles. The molecule has 2 heterocycles. The highest BCUT2D eigenvalue weighted by Crippen LogP contribution is 2.66. The van der Waals surface area contributed by atoms with E-state index < -0.39 is 103 Å². The Morgan fingerprint density at radius 2 is 1.47 bits per heavy atom. The van der Waals surface area contributed by atoms with Gasteiger partial charge < -0.3 is 9.84 Å². The van der Waals surface area contributed by atoms with Crippen molar-refractivity contribution in [3.63, 3.8) is 0 Å². The number of carbonyl (C=O) groups is 4. The van der Waals surface area contributed by atoms with Crippen molar-refractivity contribution in [1.29, 1.82) is 0 Å². The van der Waals surface area contributed by atoms with Gasteiger partial charge in [0.05, 0.1) is 29.6 Å². The number of phenolic OH excluding ortho intramolecular Hbond substituents is 1. The van der Waals surface area contributed by atoms with Crippen LogP contribution in [0.4, 0.5) is 39.0 Å². The zero-order chi connectivity index (χ0) is 37.1. The Bertz CT molecular complexity index is 2140. The van der Waals surface area contributed by atoms with Crippen LogP contribution in [0.3, 0.4) is 0 Å². The van der Waals surface area contributed by atoms with E-state index in [0.717, 1.165) is 23.1 Å². The summed E-state index contributed by atoms with van der Waals surface area (Å²) in [5, 5.41) is 21.5. The third-order valence-electron chi connectivity index (χ3n) is 10.1. The average Bonchev–Trinajstić information content (AvgIpc) is 3.45. The number of benzene rings is 3. The second-order valence-corrected chi connectivity index (χ2v) is 13.7. The molecule has 0 bridgehead atoms. The molecule has 7 rings (SSSR count). The minimum absolute atomic E-state index is 0.000864. The summed E-state index contributed by atoms with van der Waals surface area (Å²) in [5.41, 5.74) is -2.02. The first-order valence-corrected chi connectivity index (χ1v) is 15.7. The molecule has 1 N–H and O–H groups in total. The Labute approximate surface area is 292 Å². The minimum atomic E-state index is -2.76. The van der Waals surface area contributed by atoms with E-state index in [0.29, 0.717) is 0 Å². The van der Waals surface area contributed by atoms with Gasteiger partial charge in [0.2, 0.25) is 17.6 Å². The number of imide groups is 2. The second-order valence-electron chi connectivity index (χ2n) is 12.4. The fourth-order valence-electron chi connectivity index (χ4n) is 7.79. The number of nitro groups is 1. The molecule has 0 radical (unpaired) electrons. The molecule has 264 valence electrons. The lowest BCUT2D eigenvalue weighted by Gasteiger charge is -2.50. The summed E-state index contributed by atoms with van der Waals surface area (Å²) in [7, 11) is 1.19. The largest absolute Gasteiger partial charge is 0.504 e. The SMILES string of the molecule is COc1cc([C@H]2C3=CC[C@@H]4C(=O)N(c5ccc([N+](=O)[O-])cc5)C(=O)[C@@H]4[C@@H]3C[C@@]3(Cl)C(=O)N(c4c(F)c(F)c(F)c(F)c4F)C(=O)[C@@]23Cl)ccc1O. The third-order valence-corrected chi connectivity index (χ3v) is 11.5. The van der Waals surface area contributed by atoms with E-state index in [-0.39, 0.29) is 45.3 Å². The molecule has 6 atom stereocenters. The van der Waals surface area contributed by atoms with Crippen LogP contribution in [0, 0.1) is 57.0 Å². The third kappa shape index (κ3) is 4.41. The standard InChI is InChI=1S/C33H20Cl2F5N3O8/c1-51-19-10-12(2-9-18(19)44)21-15-7-8-16-20(29(46)41(28(16)45)13-3-5-14(6-4-13)43(49)50)17(15)11-32(34)30(47)42(31(48)33(21,32)35)27-25(39)23(37)22(36)24(38)26(27)40/h2-7,9-10,16-17,20-21,44H,8,11H2,1H3/t16-,17+,20-,21-,32+,33-/m0/s1. The van der Waals surface area contributed by atoms with Crippen LogP contribution in [0.25, 0.3) is 0 Å². The van der Waals surface area contributed by atoms with Crippen LogP contribution in [0.2, 0.25) is 0 Å². The van der Waals surface area contributed by atoms with Gasteiger partial charge in [-0.25, -0.2) is 26.9 Å². The number of hydrogen-bond acceptors (Lipinski definition) is 8. The van der Waals surface area contributed by atoms with E-state index in [1.807, 2.05) is 0 Å². The van der Waals surface area contributed by atoms with E-state index in [1.165, 1.54) is 37.5 Å². The molecule has 3 fully saturated rings. The highest BCUT2D eigenvalue weighted by molar-refractivity contribution is 6.58. The topological polar surface area (TPSA) is 147 Å². The van der Waals surface area contributed by atoms with E-state index in [2.05, 4.69) is 0 Å². The molecule has 0 unspecified atom stereocenters. The maximum Gasteiger partial charge on any atom is 0.269 e. The Morgan fingerprint density at radius 3 is 2.06 bits per heavy atom. The first-order valence-electron chi connectivity index (χ1n) is 15.0. The van der Waals surface area contributed by atoms with Crippen LogP contribution >= 0.6 is 23.2 Å². The van der Waals surface area contributed by atoms with Crippen LogP contribution < -0.4 is 14.5 Å². The van der Waals surface area contributed by atoms with Crippen LogP contribution in [0.15, 0.2) is 54.1 Å². The second kappa shape index (κ2) is 11.5. The van der Waals surface area contributed by atoms with Crippen molar-refractivity contribution >= 4 is 63.9 Å². The maximum atomic E-state index is 15.2. The van der Waals surface area contributed by atoms with Crippen LogP contribution in [-0.4, -0.2) is 50.5 Å². The smallest absolute Gasteiger partial charge is 0.269 e. The van der Waals surface area contributed by atoms with Crippen molar-refractivity contribution in [2.75, 3.05) is 16.9 Å². The molecule has 0 spiro atoms. The number of anilines is 2. The van der Waals surface area contributed by atoms with Crippen molar-refractivity contribution in [2.45, 2.75) is 28.5 Å². The molecule has 1 saturated carbocycles. The van der Waals surface area contributed by atoms with Gasteiger partial charge in [0.1, 0.15) is 5.69 Å². The summed E-state index contributed by atoms with van der Waals surface area (Å²) in [5.74, 6) is -22.9. The lowest BCUT2D eigenvalue weighted by Crippen LogP contribution is -2.60. The Balaban J connectivity index is 1.42. The molecular weight excluding hydrogens is 732 g/mol. The number of aromatic hydroxyl groups is 1. The van der Waals surface area contributed by atoms with Gasteiger partial charge in [-0.2, -0.15) is 0 Å². The zero-order valence-corrected chi connectivity index (χ0v) is 27.1. The van der Waals surface area contributed by atoms with Crippen LogP contribution in [-0.2, 0) is 19.2 Å². The van der Waals surface area contributed by atoms with Crippen molar-refractivity contribution in [2.24, 2.45) is 17.8 Å². The predicted molar refractivity (Wildman–Crippen MR) is 167 cm³/mol. The molecule has 51 heavy (non-hydrogen) atoms. The molecule has 2 aliphatic carbocycles. The van der Waals surface area contributed by atoms with Crippen molar-refractivity contribution in [1.82, 2.24) is 0 Å². The number of fused-ring (bicyclic) bond motifs is 4.